The van der Waals surface area contributed by atoms with E-state index < -0.39 is 5.91 Å². The minimum atomic E-state index is -0.433. The number of nitrogens with zero attached hydrogens (tertiary/aromatic N) is 1. The lowest BCUT2D eigenvalue weighted by molar-refractivity contribution is 0.0931. The van der Waals surface area contributed by atoms with Gasteiger partial charge in [0.05, 0.1) is 33.7 Å². The molecule has 1 aromatic heterocycles. The summed E-state index contributed by atoms with van der Waals surface area (Å²) >= 11 is 7.82. The summed E-state index contributed by atoms with van der Waals surface area (Å²) in [6.07, 6.45) is 3.48. The van der Waals surface area contributed by atoms with Gasteiger partial charge in [0.2, 0.25) is 0 Å². The van der Waals surface area contributed by atoms with E-state index in [0.717, 1.165) is 5.75 Å². The quantitative estimate of drug-likeness (QED) is 0.673. The molecule has 1 heterocycles. The van der Waals surface area contributed by atoms with Gasteiger partial charge in [0.15, 0.2) is 0 Å². The molecule has 2 rings (SSSR count). The van der Waals surface area contributed by atoms with E-state index in [2.05, 4.69) is 15.6 Å². The van der Waals surface area contributed by atoms with Crippen LogP contribution in [0.5, 0.6) is 0 Å². The molecule has 0 bridgehead atoms. The molecule has 0 saturated carbocycles. The first kappa shape index (κ1) is 20.2. The Morgan fingerprint density at radius 3 is 2.65 bits per heavy atom. The number of nitrogens with two attached hydrogens (primary N) is 1. The van der Waals surface area contributed by atoms with Gasteiger partial charge in [0, 0.05) is 18.3 Å². The number of hydrogen-bond acceptors (Lipinski definition) is 5. The van der Waals surface area contributed by atoms with Crippen LogP contribution in [0.4, 0.5) is 5.69 Å². The van der Waals surface area contributed by atoms with Gasteiger partial charge in [0.1, 0.15) is 0 Å². The van der Waals surface area contributed by atoms with Crippen molar-refractivity contribution >= 4 is 40.9 Å². The van der Waals surface area contributed by atoms with Crippen LogP contribution in [0.2, 0.25) is 5.02 Å². The molecule has 0 unspecified atom stereocenters. The molecule has 2 amide bonds. The Hall–Kier alpha value is -2.09. The highest BCUT2D eigenvalue weighted by molar-refractivity contribution is 7.98. The summed E-state index contributed by atoms with van der Waals surface area (Å²) in [6.45, 7) is 2.22. The number of amides is 2. The average molecular weight is 393 g/mol. The predicted octanol–water partition coefficient (Wildman–Crippen LogP) is 2.93. The molecule has 6 nitrogen and oxygen atoms in total. The number of carbonyl (C=O) groups excluding carboxylic acids is 2. The molecule has 0 aliphatic carbocycles. The number of nitrogens with one attached hydrogen (secondary N) is 2. The van der Waals surface area contributed by atoms with Crippen LogP contribution in [0.3, 0.4) is 0 Å². The topological polar surface area (TPSA) is 97.1 Å². The number of halogens is 1. The molecular formula is C18H21ClN4O2S. The molecule has 0 spiro atoms. The van der Waals surface area contributed by atoms with Crippen molar-refractivity contribution in [2.24, 2.45) is 5.73 Å². The minimum absolute atomic E-state index is 0.0438. The van der Waals surface area contributed by atoms with Crippen LogP contribution in [0.25, 0.3) is 0 Å². The average Bonchev–Trinajstić information content (AvgIpc) is 2.62. The fraction of sp³-hybridized carbons (Fsp3) is 0.278. The molecule has 0 saturated heterocycles. The summed E-state index contributed by atoms with van der Waals surface area (Å²) in [4.78, 5) is 29.4. The minimum Gasteiger partial charge on any atom is -0.349 e. The first-order valence-electron chi connectivity index (χ1n) is 8.01. The van der Waals surface area contributed by atoms with E-state index in [1.54, 1.807) is 42.1 Å². The fourth-order valence-corrected chi connectivity index (χ4v) is 3.19. The summed E-state index contributed by atoms with van der Waals surface area (Å²) in [5.74, 6) is -0.0481. The third-order valence-electron chi connectivity index (χ3n) is 3.57. The van der Waals surface area contributed by atoms with Gasteiger partial charge in [-0.05, 0) is 37.4 Å². The highest BCUT2D eigenvalue weighted by Gasteiger charge is 2.21. The predicted molar refractivity (Wildman–Crippen MR) is 107 cm³/mol. The van der Waals surface area contributed by atoms with Crippen molar-refractivity contribution in [2.75, 3.05) is 17.3 Å². The van der Waals surface area contributed by atoms with Gasteiger partial charge in [-0.2, -0.15) is 11.8 Å². The van der Waals surface area contributed by atoms with Crippen molar-refractivity contribution < 1.29 is 9.59 Å². The first-order chi connectivity index (χ1) is 12.5. The molecule has 1 aromatic carbocycles. The molecule has 1 atom stereocenters. The summed E-state index contributed by atoms with van der Waals surface area (Å²) in [5.41, 5.74) is 7.10. The van der Waals surface area contributed by atoms with E-state index in [0.29, 0.717) is 17.9 Å². The largest absolute Gasteiger partial charge is 0.349 e. The third-order valence-corrected chi connectivity index (χ3v) is 4.72. The molecule has 4 N–H and O–H groups in total. The van der Waals surface area contributed by atoms with Gasteiger partial charge in [0.25, 0.3) is 11.8 Å². The highest BCUT2D eigenvalue weighted by Crippen LogP contribution is 2.22. The molecule has 0 radical (unpaired) electrons. The smallest absolute Gasteiger partial charge is 0.256 e. The third kappa shape index (κ3) is 5.20. The second-order valence-corrected chi connectivity index (χ2v) is 7.01. The number of hydrogen-bond donors (Lipinski definition) is 3. The molecule has 0 fully saturated rings. The summed E-state index contributed by atoms with van der Waals surface area (Å²) in [6, 6.07) is 8.18. The van der Waals surface area contributed by atoms with Gasteiger partial charge in [-0.1, -0.05) is 17.7 Å². The lowest BCUT2D eigenvalue weighted by Crippen LogP contribution is -2.35. The van der Waals surface area contributed by atoms with E-state index >= 15 is 0 Å². The summed E-state index contributed by atoms with van der Waals surface area (Å²) in [7, 11) is 0. The maximum Gasteiger partial charge on any atom is 0.256 e. The van der Waals surface area contributed by atoms with E-state index in [9.17, 15) is 9.59 Å². The van der Waals surface area contributed by atoms with Crippen LogP contribution in [-0.2, 0) is 6.54 Å². The van der Waals surface area contributed by atoms with Crippen LogP contribution in [0.15, 0.2) is 36.5 Å². The molecular weight excluding hydrogens is 372 g/mol. The Balaban J connectivity index is 2.23. The van der Waals surface area contributed by atoms with E-state index in [4.69, 9.17) is 17.3 Å². The Labute approximate surface area is 161 Å². The van der Waals surface area contributed by atoms with Crippen LogP contribution in [0, 0.1) is 0 Å². The maximum atomic E-state index is 12.7. The number of thioether (sulfide) groups is 1. The van der Waals surface area contributed by atoms with Gasteiger partial charge in [-0.25, -0.2) is 0 Å². The summed E-state index contributed by atoms with van der Waals surface area (Å²) < 4.78 is 0. The molecule has 0 aliphatic rings. The zero-order chi connectivity index (χ0) is 19.1. The SMILES string of the molecule is CSC[C@H](C)NC(=O)c1c(Cl)cccc1C(=O)Nc1ccc(CN)nc1. The summed E-state index contributed by atoms with van der Waals surface area (Å²) in [5, 5.41) is 5.81. The van der Waals surface area contributed by atoms with Crippen molar-refractivity contribution in [2.45, 2.75) is 19.5 Å². The van der Waals surface area contributed by atoms with Crippen molar-refractivity contribution in [3.63, 3.8) is 0 Å². The van der Waals surface area contributed by atoms with Crippen LogP contribution >= 0.6 is 23.4 Å². The van der Waals surface area contributed by atoms with Crippen LogP contribution < -0.4 is 16.4 Å². The van der Waals surface area contributed by atoms with Crippen LogP contribution in [-0.4, -0.2) is 34.8 Å². The van der Waals surface area contributed by atoms with Crippen molar-refractivity contribution in [1.29, 1.82) is 0 Å². The number of benzene rings is 1. The molecule has 138 valence electrons. The lowest BCUT2D eigenvalue weighted by Gasteiger charge is -2.16. The normalized spacial score (nSPS) is 11.7. The number of pyridine rings is 1. The first-order valence-corrected chi connectivity index (χ1v) is 9.78. The van der Waals surface area contributed by atoms with Crippen LogP contribution in [0.1, 0.15) is 33.3 Å². The monoisotopic (exact) mass is 392 g/mol. The van der Waals surface area contributed by atoms with Gasteiger partial charge >= 0.3 is 0 Å². The second kappa shape index (κ2) is 9.56. The fourth-order valence-electron chi connectivity index (χ4n) is 2.35. The Morgan fingerprint density at radius 2 is 2.04 bits per heavy atom. The van der Waals surface area contributed by atoms with E-state index in [-0.39, 0.29) is 28.1 Å². The highest BCUT2D eigenvalue weighted by atomic mass is 35.5. The van der Waals surface area contributed by atoms with Crippen molar-refractivity contribution in [1.82, 2.24) is 10.3 Å². The standard InChI is InChI=1S/C18H21ClN4O2S/c1-11(10-26-2)22-18(25)16-14(4-3-5-15(16)19)17(24)23-13-7-6-12(8-20)21-9-13/h3-7,9,11H,8,10,20H2,1-2H3,(H,22,25)(H,23,24)/t11-/m0/s1. The lowest BCUT2D eigenvalue weighted by atomic mass is 10.1. The Morgan fingerprint density at radius 1 is 1.27 bits per heavy atom. The Bertz CT molecular complexity index is 783. The number of rotatable bonds is 7. The van der Waals surface area contributed by atoms with Gasteiger partial charge in [-0.3, -0.25) is 14.6 Å². The van der Waals surface area contributed by atoms with E-state index in [1.165, 1.54) is 6.20 Å². The maximum absolute atomic E-state index is 12.7. The second-order valence-electron chi connectivity index (χ2n) is 5.69. The number of anilines is 1. The van der Waals surface area contributed by atoms with Crippen molar-refractivity contribution in [3.8, 4) is 0 Å². The van der Waals surface area contributed by atoms with Gasteiger partial charge < -0.3 is 16.4 Å². The van der Waals surface area contributed by atoms with E-state index in [1.807, 2.05) is 13.2 Å². The molecule has 0 aliphatic heterocycles. The molecule has 8 heteroatoms. The molecule has 2 aromatic rings. The molecule has 26 heavy (non-hydrogen) atoms. The number of carbonyl (C=O) groups is 2. The number of aromatic nitrogens is 1. The zero-order valence-electron chi connectivity index (χ0n) is 14.6. The van der Waals surface area contributed by atoms with Crippen molar-refractivity contribution in [3.05, 3.63) is 58.4 Å². The Kier molecular flexibility index (Phi) is 7.44. The van der Waals surface area contributed by atoms with Gasteiger partial charge in [-0.15, -0.1) is 0 Å². The zero-order valence-corrected chi connectivity index (χ0v) is 16.2.